The second-order valence-corrected chi connectivity index (χ2v) is 8.75. The van der Waals surface area contributed by atoms with Crippen LogP contribution in [0.4, 0.5) is 10.2 Å². The molecule has 31 heavy (non-hydrogen) atoms. The number of allylic oxidation sites excluding steroid dienone is 2. The molecule has 0 radical (unpaired) electrons. The molecule has 4 heterocycles. The van der Waals surface area contributed by atoms with Gasteiger partial charge < -0.3 is 25.8 Å². The van der Waals surface area contributed by atoms with Crippen LogP contribution in [-0.4, -0.2) is 72.1 Å². The molecule has 3 aliphatic heterocycles. The summed E-state index contributed by atoms with van der Waals surface area (Å²) in [6, 6.07) is 0. The zero-order valence-electron chi connectivity index (χ0n) is 17.7. The van der Waals surface area contributed by atoms with Gasteiger partial charge in [0.1, 0.15) is 6.17 Å². The van der Waals surface area contributed by atoms with E-state index < -0.39 is 5.82 Å². The number of likely N-dealkylation sites (tertiary alicyclic amines) is 1. The Labute approximate surface area is 186 Å². The van der Waals surface area contributed by atoms with Crippen LogP contribution < -0.4 is 16.0 Å². The fraction of sp³-hybridized carbons (Fsp3) is 0.476. The summed E-state index contributed by atoms with van der Waals surface area (Å²) < 4.78 is 14.4. The normalized spacial score (nSPS) is 22.7. The average molecular weight is 448 g/mol. The Morgan fingerprint density at radius 2 is 2.19 bits per heavy atom. The minimum absolute atomic E-state index is 0.101. The summed E-state index contributed by atoms with van der Waals surface area (Å²) >= 11 is 6.11. The van der Waals surface area contributed by atoms with Gasteiger partial charge in [0.2, 0.25) is 5.91 Å². The molecular formula is C21H27ClFN7O. The zero-order valence-corrected chi connectivity index (χ0v) is 18.4. The first-order valence-electron chi connectivity index (χ1n) is 10.4. The molecule has 0 bridgehead atoms. The summed E-state index contributed by atoms with van der Waals surface area (Å²) in [5.41, 5.74) is 1.68. The minimum atomic E-state index is -0.503. The van der Waals surface area contributed by atoms with E-state index in [9.17, 15) is 9.18 Å². The van der Waals surface area contributed by atoms with E-state index in [0.717, 1.165) is 30.5 Å². The summed E-state index contributed by atoms with van der Waals surface area (Å²) in [4.78, 5) is 24.7. The lowest BCUT2D eigenvalue weighted by Crippen LogP contribution is -2.45. The third-order valence-corrected chi connectivity index (χ3v) is 5.78. The number of likely N-dealkylation sites (N-methyl/N-ethyl adjacent to an activating group) is 1. The van der Waals surface area contributed by atoms with E-state index in [1.54, 1.807) is 12.4 Å². The van der Waals surface area contributed by atoms with Crippen LogP contribution in [0.1, 0.15) is 18.7 Å². The smallest absolute Gasteiger partial charge is 0.236 e. The molecule has 2 atom stereocenters. The number of aromatic nitrogens is 2. The molecule has 8 nitrogen and oxygen atoms in total. The van der Waals surface area contributed by atoms with Crippen LogP contribution in [0.15, 0.2) is 35.3 Å². The molecule has 1 aromatic heterocycles. The molecular weight excluding hydrogens is 421 g/mol. The van der Waals surface area contributed by atoms with E-state index in [1.165, 1.54) is 6.20 Å². The number of fused-ring (bicyclic) bond motifs is 1. The Morgan fingerprint density at radius 1 is 1.39 bits per heavy atom. The van der Waals surface area contributed by atoms with E-state index in [1.807, 2.05) is 30.0 Å². The molecule has 1 unspecified atom stereocenters. The number of carbonyl (C=O) groups excluding carboxylic acids is 1. The van der Waals surface area contributed by atoms with Crippen LogP contribution in [0.5, 0.6) is 0 Å². The van der Waals surface area contributed by atoms with Gasteiger partial charge in [0.25, 0.3) is 0 Å². The number of amides is 1. The molecule has 0 spiro atoms. The maximum Gasteiger partial charge on any atom is 0.236 e. The number of piperidine rings is 1. The number of nitrogens with zero attached hydrogens (tertiary/aromatic N) is 4. The highest BCUT2D eigenvalue weighted by atomic mass is 35.5. The summed E-state index contributed by atoms with van der Waals surface area (Å²) in [5, 5.41) is 10.0. The molecule has 1 fully saturated rings. The highest BCUT2D eigenvalue weighted by molar-refractivity contribution is 6.31. The summed E-state index contributed by atoms with van der Waals surface area (Å²) in [5.74, 6) is 0.449. The van der Waals surface area contributed by atoms with E-state index in [2.05, 4.69) is 25.9 Å². The van der Waals surface area contributed by atoms with E-state index in [-0.39, 0.29) is 23.8 Å². The Bertz CT molecular complexity index is 946. The van der Waals surface area contributed by atoms with Crippen LogP contribution in [0.2, 0.25) is 0 Å². The molecule has 3 aliphatic rings. The van der Waals surface area contributed by atoms with Crippen molar-refractivity contribution < 1.29 is 9.18 Å². The SMILES string of the molecule is CN(C)CC(=O)N1CCC[C@H](CNc2nc(C3=CNC4NC=C(Cl)C=C34)ncc2F)C1. The van der Waals surface area contributed by atoms with E-state index >= 15 is 0 Å². The van der Waals surface area contributed by atoms with Gasteiger partial charge in [-0.15, -0.1) is 0 Å². The van der Waals surface area contributed by atoms with Gasteiger partial charge in [-0.3, -0.25) is 4.79 Å². The average Bonchev–Trinajstić information content (AvgIpc) is 3.16. The predicted molar refractivity (Wildman–Crippen MR) is 118 cm³/mol. The number of dihydropyridines is 1. The maximum atomic E-state index is 14.4. The third kappa shape index (κ3) is 4.99. The number of anilines is 1. The van der Waals surface area contributed by atoms with Crippen molar-refractivity contribution >= 4 is 28.9 Å². The topological polar surface area (TPSA) is 85.4 Å². The first-order valence-corrected chi connectivity index (χ1v) is 10.8. The number of halogens is 2. The van der Waals surface area contributed by atoms with Crippen LogP contribution in [0, 0.1) is 11.7 Å². The van der Waals surface area contributed by atoms with Crippen LogP contribution in [0.3, 0.4) is 0 Å². The number of carbonyl (C=O) groups is 1. The highest BCUT2D eigenvalue weighted by Crippen LogP contribution is 2.31. The molecule has 1 aromatic rings. The van der Waals surface area contributed by atoms with Gasteiger partial charge in [-0.2, -0.15) is 0 Å². The van der Waals surface area contributed by atoms with Crippen molar-refractivity contribution in [3.8, 4) is 0 Å². The number of rotatable bonds is 6. The third-order valence-electron chi connectivity index (χ3n) is 5.56. The van der Waals surface area contributed by atoms with Crippen molar-refractivity contribution in [2.75, 3.05) is 45.6 Å². The van der Waals surface area contributed by atoms with E-state index in [0.29, 0.717) is 30.5 Å². The number of nitrogens with one attached hydrogen (secondary N) is 3. The second kappa shape index (κ2) is 9.23. The molecule has 1 saturated heterocycles. The largest absolute Gasteiger partial charge is 0.367 e. The van der Waals surface area contributed by atoms with Gasteiger partial charge in [-0.05, 0) is 38.9 Å². The molecule has 0 aliphatic carbocycles. The number of hydrogen-bond acceptors (Lipinski definition) is 7. The standard InChI is InChI=1S/C21H27ClFN7O/c1-29(2)12-18(31)30-5-3-4-13(11-30)7-24-21-17(23)10-27-20(28-21)16-9-26-19-15(16)6-14(22)8-25-19/h6,8-10,13,19,25-26H,3-5,7,11-12H2,1-2H3,(H,24,27,28)/t13-,19?/m1/s1. The molecule has 0 aromatic carbocycles. The second-order valence-electron chi connectivity index (χ2n) is 8.31. The quantitative estimate of drug-likeness (QED) is 0.612. The fourth-order valence-corrected chi connectivity index (χ4v) is 4.21. The van der Waals surface area contributed by atoms with Gasteiger partial charge in [-0.1, -0.05) is 11.6 Å². The maximum absolute atomic E-state index is 14.4. The lowest BCUT2D eigenvalue weighted by atomic mass is 9.98. The highest BCUT2D eigenvalue weighted by Gasteiger charge is 2.28. The Hall–Kier alpha value is -2.65. The van der Waals surface area contributed by atoms with Crippen molar-refractivity contribution in [2.45, 2.75) is 19.0 Å². The predicted octanol–water partition coefficient (Wildman–Crippen LogP) is 1.71. The Balaban J connectivity index is 1.42. The van der Waals surface area contributed by atoms with Gasteiger partial charge in [0, 0.05) is 43.2 Å². The van der Waals surface area contributed by atoms with Gasteiger partial charge in [-0.25, -0.2) is 14.4 Å². The van der Waals surface area contributed by atoms with Crippen LogP contribution in [0.25, 0.3) is 5.57 Å². The van der Waals surface area contributed by atoms with E-state index in [4.69, 9.17) is 11.6 Å². The molecule has 166 valence electrons. The molecule has 1 amide bonds. The van der Waals surface area contributed by atoms with Crippen molar-refractivity contribution in [2.24, 2.45) is 5.92 Å². The monoisotopic (exact) mass is 447 g/mol. The van der Waals surface area contributed by atoms with Crippen molar-refractivity contribution in [3.63, 3.8) is 0 Å². The van der Waals surface area contributed by atoms with Crippen molar-refractivity contribution in [3.05, 3.63) is 46.9 Å². The lowest BCUT2D eigenvalue weighted by Gasteiger charge is -2.33. The Kier molecular flexibility index (Phi) is 6.43. The number of hydrogen-bond donors (Lipinski definition) is 3. The first-order chi connectivity index (χ1) is 14.9. The Morgan fingerprint density at radius 3 is 3.00 bits per heavy atom. The molecule has 0 saturated carbocycles. The van der Waals surface area contributed by atoms with Crippen molar-refractivity contribution in [1.29, 1.82) is 0 Å². The first kappa shape index (κ1) is 21.6. The van der Waals surface area contributed by atoms with Gasteiger partial charge in [0.15, 0.2) is 17.5 Å². The minimum Gasteiger partial charge on any atom is -0.367 e. The molecule has 4 rings (SSSR count). The molecule has 3 N–H and O–H groups in total. The van der Waals surface area contributed by atoms with Gasteiger partial charge >= 0.3 is 0 Å². The van der Waals surface area contributed by atoms with Crippen LogP contribution >= 0.6 is 11.6 Å². The molecule has 10 heteroatoms. The summed E-state index contributed by atoms with van der Waals surface area (Å²) in [7, 11) is 3.77. The van der Waals surface area contributed by atoms with Crippen molar-refractivity contribution in [1.82, 2.24) is 30.4 Å². The summed E-state index contributed by atoms with van der Waals surface area (Å²) in [6.45, 7) is 2.38. The van der Waals surface area contributed by atoms with Crippen LogP contribution in [-0.2, 0) is 4.79 Å². The zero-order chi connectivity index (χ0) is 22.0. The van der Waals surface area contributed by atoms with Gasteiger partial charge in [0.05, 0.1) is 17.8 Å². The fourth-order valence-electron chi connectivity index (χ4n) is 4.03. The summed E-state index contributed by atoms with van der Waals surface area (Å²) in [6.07, 6.45) is 8.37. The lowest BCUT2D eigenvalue weighted by molar-refractivity contribution is -0.133.